The molecule has 0 unspecified atom stereocenters. The molecule has 0 bridgehead atoms. The predicted octanol–water partition coefficient (Wildman–Crippen LogP) is 11.6. The number of nitrogens with zero attached hydrogens (tertiary/aromatic N) is 2. The van der Waals surface area contributed by atoms with Crippen LogP contribution >= 0.6 is 11.3 Å². The van der Waals surface area contributed by atoms with Crippen LogP contribution in [0.15, 0.2) is 218 Å². The second kappa shape index (κ2) is 13.0. The molecule has 3 heterocycles. The Labute approximate surface area is 341 Å². The second-order valence-electron chi connectivity index (χ2n) is 15.2. The molecular weight excluding hydrogens is 737 g/mol. The predicted molar refractivity (Wildman–Crippen MR) is 252 cm³/mol. The Bertz CT molecular complexity index is 3430. The van der Waals surface area contributed by atoms with E-state index in [4.69, 9.17) is 0 Å². The van der Waals surface area contributed by atoms with Gasteiger partial charge in [0, 0.05) is 53.1 Å². The smallest absolute Gasteiger partial charge is 0.179 e. The second-order valence-corrected chi connectivity index (χ2v) is 20.1. The fourth-order valence-electron chi connectivity index (χ4n) is 9.85. The molecule has 2 nitrogen and oxygen atoms in total. The van der Waals surface area contributed by atoms with Gasteiger partial charge in [-0.2, -0.15) is 0 Å². The number of fused-ring (bicyclic) bond motifs is 10. The van der Waals surface area contributed by atoms with Gasteiger partial charge in [-0.3, -0.25) is 0 Å². The van der Waals surface area contributed by atoms with E-state index < -0.39 is 8.07 Å². The number of para-hydroxylation sites is 3. The van der Waals surface area contributed by atoms with Crippen molar-refractivity contribution >= 4 is 104 Å². The minimum absolute atomic E-state index is 1.17. The van der Waals surface area contributed by atoms with Crippen molar-refractivity contribution in [1.82, 2.24) is 9.13 Å². The van der Waals surface area contributed by atoms with Gasteiger partial charge < -0.3 is 9.13 Å². The van der Waals surface area contributed by atoms with Crippen LogP contribution in [0.3, 0.4) is 0 Å². The normalized spacial score (nSPS) is 12.1. The quantitative estimate of drug-likeness (QED) is 0.118. The summed E-state index contributed by atoms with van der Waals surface area (Å²) < 4.78 is 7.63. The number of hydrogen-bond donors (Lipinski definition) is 0. The molecule has 9 aromatic carbocycles. The van der Waals surface area contributed by atoms with Crippen LogP contribution in [0.25, 0.3) is 75.2 Å². The topological polar surface area (TPSA) is 9.86 Å². The van der Waals surface area contributed by atoms with Crippen LogP contribution in [0.4, 0.5) is 0 Å². The summed E-state index contributed by atoms with van der Waals surface area (Å²) in [5.41, 5.74) is 7.23. The highest BCUT2D eigenvalue weighted by Crippen LogP contribution is 2.43. The lowest BCUT2D eigenvalue weighted by molar-refractivity contribution is 1.18. The third kappa shape index (κ3) is 4.76. The molecule has 0 saturated heterocycles. The maximum absolute atomic E-state index is 2.95. The molecule has 4 heteroatoms. The third-order valence-corrected chi connectivity index (χ3v) is 18.2. The van der Waals surface area contributed by atoms with E-state index in [0.29, 0.717) is 0 Å². The Kier molecular flexibility index (Phi) is 7.46. The van der Waals surface area contributed by atoms with Crippen molar-refractivity contribution in [2.45, 2.75) is 0 Å². The van der Waals surface area contributed by atoms with Crippen molar-refractivity contribution in [2.24, 2.45) is 0 Å². The number of thiophene rings is 1. The van der Waals surface area contributed by atoms with Gasteiger partial charge in [-0.05, 0) is 75.3 Å². The first-order chi connectivity index (χ1) is 28.8. The number of hydrogen-bond acceptors (Lipinski definition) is 1. The molecule has 0 aliphatic carbocycles. The van der Waals surface area contributed by atoms with Gasteiger partial charge in [0.15, 0.2) is 8.07 Å². The first-order valence-electron chi connectivity index (χ1n) is 19.9. The molecule has 0 aliphatic rings. The first-order valence-corrected chi connectivity index (χ1v) is 22.8. The van der Waals surface area contributed by atoms with E-state index in [1.807, 2.05) is 11.3 Å². The van der Waals surface area contributed by atoms with E-state index in [0.717, 1.165) is 0 Å². The molecule has 0 atom stereocenters. The zero-order valence-electron chi connectivity index (χ0n) is 31.6. The summed E-state index contributed by atoms with van der Waals surface area (Å²) in [4.78, 5) is 0. The summed E-state index contributed by atoms with van der Waals surface area (Å²) in [6.07, 6.45) is 0. The molecule has 0 aliphatic heterocycles. The lowest BCUT2D eigenvalue weighted by atomic mass is 10.1. The summed E-state index contributed by atoms with van der Waals surface area (Å²) in [6, 6.07) is 81.5. The van der Waals surface area contributed by atoms with Crippen molar-refractivity contribution in [1.29, 1.82) is 0 Å². The van der Waals surface area contributed by atoms with E-state index in [1.54, 1.807) is 0 Å². The molecular formula is C54H36N2SSi. The van der Waals surface area contributed by atoms with Crippen LogP contribution in [0, 0.1) is 0 Å². The molecule has 0 amide bonds. The Morgan fingerprint density at radius 2 is 0.759 bits per heavy atom. The lowest BCUT2D eigenvalue weighted by Crippen LogP contribution is -2.74. The highest BCUT2D eigenvalue weighted by atomic mass is 32.1. The lowest BCUT2D eigenvalue weighted by Gasteiger charge is -2.35. The van der Waals surface area contributed by atoms with Crippen LogP contribution in [0.1, 0.15) is 0 Å². The molecule has 0 fully saturated rings. The maximum Gasteiger partial charge on any atom is 0.179 e. The molecule has 58 heavy (non-hydrogen) atoms. The van der Waals surface area contributed by atoms with Gasteiger partial charge in [0.05, 0.1) is 22.1 Å². The van der Waals surface area contributed by atoms with E-state index in [-0.39, 0.29) is 0 Å². The van der Waals surface area contributed by atoms with Gasteiger partial charge >= 0.3 is 0 Å². The number of benzene rings is 9. The summed E-state index contributed by atoms with van der Waals surface area (Å²) in [7, 11) is -2.95. The van der Waals surface area contributed by atoms with Gasteiger partial charge in [0.25, 0.3) is 0 Å². The number of rotatable bonds is 6. The Morgan fingerprint density at radius 3 is 1.34 bits per heavy atom. The van der Waals surface area contributed by atoms with E-state index >= 15 is 0 Å². The monoisotopic (exact) mass is 772 g/mol. The third-order valence-electron chi connectivity index (χ3n) is 12.2. The molecule has 272 valence electrons. The Hall–Kier alpha value is -6.98. The van der Waals surface area contributed by atoms with E-state index in [9.17, 15) is 0 Å². The average Bonchev–Trinajstić information content (AvgIpc) is 3.96. The van der Waals surface area contributed by atoms with Gasteiger partial charge in [-0.25, -0.2) is 0 Å². The van der Waals surface area contributed by atoms with Gasteiger partial charge in [-0.15, -0.1) is 11.3 Å². The number of aromatic nitrogens is 2. The summed E-state index contributed by atoms with van der Waals surface area (Å²) >= 11 is 1.91. The van der Waals surface area contributed by atoms with Crippen LogP contribution in [-0.2, 0) is 0 Å². The van der Waals surface area contributed by atoms with Crippen molar-refractivity contribution in [3.8, 4) is 11.4 Å². The first kappa shape index (κ1) is 33.2. The Balaban J connectivity index is 1.15. The minimum atomic E-state index is -2.95. The standard InChI is InChI=1S/C54H36N2SSi/c1-3-19-39(20-4-1)58(40-21-5-2-6-22-40,41-23-15-17-37(35-41)55-48-29-11-7-25-43(48)44-26-8-12-30-49(44)55)42-24-16-18-38(36-42)56-50-31-13-9-28-47(50)53-51(56)34-33-46-45-27-10-14-32-52(45)57-54(46)53/h1-36H. The van der Waals surface area contributed by atoms with Crippen molar-refractivity contribution < 1.29 is 0 Å². The van der Waals surface area contributed by atoms with Crippen molar-refractivity contribution in [3.63, 3.8) is 0 Å². The molecule has 3 aromatic heterocycles. The molecule has 12 rings (SSSR count). The summed E-state index contributed by atoms with van der Waals surface area (Å²) in [5.74, 6) is 0. The van der Waals surface area contributed by atoms with Crippen molar-refractivity contribution in [3.05, 3.63) is 218 Å². The maximum atomic E-state index is 2.50. The summed E-state index contributed by atoms with van der Waals surface area (Å²) in [5, 5.41) is 13.2. The molecule has 0 saturated carbocycles. The van der Waals surface area contributed by atoms with Crippen LogP contribution < -0.4 is 20.7 Å². The summed E-state index contributed by atoms with van der Waals surface area (Å²) in [6.45, 7) is 0. The minimum Gasteiger partial charge on any atom is -0.309 e. The van der Waals surface area contributed by atoms with Gasteiger partial charge in [0.2, 0.25) is 0 Å². The molecule has 0 spiro atoms. The fourth-order valence-corrected chi connectivity index (χ4v) is 15.9. The molecule has 0 radical (unpaired) electrons. The van der Waals surface area contributed by atoms with E-state index in [2.05, 4.69) is 228 Å². The van der Waals surface area contributed by atoms with Crippen LogP contribution in [0.5, 0.6) is 0 Å². The Morgan fingerprint density at radius 1 is 0.310 bits per heavy atom. The average molecular weight is 773 g/mol. The highest BCUT2D eigenvalue weighted by molar-refractivity contribution is 7.26. The molecule has 12 aromatic rings. The van der Waals surface area contributed by atoms with Gasteiger partial charge in [-0.1, -0.05) is 164 Å². The zero-order valence-corrected chi connectivity index (χ0v) is 33.4. The van der Waals surface area contributed by atoms with Crippen molar-refractivity contribution in [2.75, 3.05) is 0 Å². The molecule has 0 N–H and O–H groups in total. The zero-order chi connectivity index (χ0) is 38.2. The largest absolute Gasteiger partial charge is 0.309 e. The van der Waals surface area contributed by atoms with Crippen LogP contribution in [-0.4, -0.2) is 17.2 Å². The van der Waals surface area contributed by atoms with Gasteiger partial charge in [0.1, 0.15) is 0 Å². The SMILES string of the molecule is c1ccc([Si](c2ccccc2)(c2cccc(-n3c4ccccc4c4ccccc43)c2)c2cccc(-n3c4ccccc4c4c5sc6ccccc6c5ccc43)c2)cc1. The van der Waals surface area contributed by atoms with E-state index in [1.165, 1.54) is 95.9 Å². The highest BCUT2D eigenvalue weighted by Gasteiger charge is 2.42. The van der Waals surface area contributed by atoms with Crippen LogP contribution in [0.2, 0.25) is 0 Å². The fraction of sp³-hybridized carbons (Fsp3) is 0.